The minimum absolute atomic E-state index is 0.0127. The van der Waals surface area contributed by atoms with Gasteiger partial charge in [-0.1, -0.05) is 29.8 Å². The van der Waals surface area contributed by atoms with Crippen LogP contribution in [0.15, 0.2) is 22.7 Å². The second-order valence-electron chi connectivity index (χ2n) is 5.36. The fourth-order valence-electron chi connectivity index (χ4n) is 2.16. The average Bonchev–Trinajstić information content (AvgIpc) is 2.36. The highest BCUT2D eigenvalue weighted by molar-refractivity contribution is 9.10. The van der Waals surface area contributed by atoms with Crippen molar-refractivity contribution in [2.75, 3.05) is 19.0 Å². The van der Waals surface area contributed by atoms with Crippen LogP contribution in [0.4, 0.5) is 5.69 Å². The van der Waals surface area contributed by atoms with Crippen LogP contribution in [-0.4, -0.2) is 19.6 Å². The van der Waals surface area contributed by atoms with E-state index in [1.54, 1.807) is 13.2 Å². The third-order valence-electron chi connectivity index (χ3n) is 3.00. The molecule has 0 aliphatic carbocycles. The van der Waals surface area contributed by atoms with Gasteiger partial charge in [0.1, 0.15) is 5.75 Å². The number of benzene rings is 1. The summed E-state index contributed by atoms with van der Waals surface area (Å²) in [5, 5.41) is 2.89. The van der Waals surface area contributed by atoms with Crippen molar-refractivity contribution in [3.63, 3.8) is 0 Å². The van der Waals surface area contributed by atoms with Gasteiger partial charge in [0.25, 0.3) is 0 Å². The number of hydrogen-bond donors (Lipinski definition) is 2. The number of nitrogens with one attached hydrogen (secondary N) is 1. The molecule has 1 aromatic carbocycles. The summed E-state index contributed by atoms with van der Waals surface area (Å²) >= 11 is 3.39. The largest absolute Gasteiger partial charge is 0.497 e. The van der Waals surface area contributed by atoms with E-state index < -0.39 is 0 Å². The van der Waals surface area contributed by atoms with Gasteiger partial charge in [0.2, 0.25) is 5.91 Å². The molecule has 4 nitrogen and oxygen atoms in total. The SMILES string of the molecule is COc1cc(Br)cc(NC(=O)C[C@@H](CN)CC(C)C)c1. The van der Waals surface area contributed by atoms with Crippen LogP contribution >= 0.6 is 15.9 Å². The second kappa shape index (κ2) is 8.27. The Balaban J connectivity index is 2.63. The Morgan fingerprint density at radius 3 is 2.65 bits per heavy atom. The topological polar surface area (TPSA) is 64.3 Å². The molecule has 20 heavy (non-hydrogen) atoms. The number of hydrogen-bond acceptors (Lipinski definition) is 3. The van der Waals surface area contributed by atoms with Crippen LogP contribution in [0.5, 0.6) is 5.75 Å². The molecule has 0 bridgehead atoms. The Hall–Kier alpha value is -1.07. The number of carbonyl (C=O) groups is 1. The van der Waals surface area contributed by atoms with Crippen molar-refractivity contribution in [3.05, 3.63) is 22.7 Å². The lowest BCUT2D eigenvalue weighted by molar-refractivity contribution is -0.117. The van der Waals surface area contributed by atoms with Crippen LogP contribution in [0, 0.1) is 11.8 Å². The first-order chi connectivity index (χ1) is 9.44. The Morgan fingerprint density at radius 1 is 1.40 bits per heavy atom. The predicted molar refractivity (Wildman–Crippen MR) is 85.9 cm³/mol. The van der Waals surface area contributed by atoms with E-state index in [-0.39, 0.29) is 11.8 Å². The van der Waals surface area contributed by atoms with Gasteiger partial charge in [-0.3, -0.25) is 4.79 Å². The maximum absolute atomic E-state index is 12.1. The number of ether oxygens (including phenoxy) is 1. The Kier molecular flexibility index (Phi) is 7.02. The Bertz CT molecular complexity index is 449. The third-order valence-corrected chi connectivity index (χ3v) is 3.46. The van der Waals surface area contributed by atoms with Crippen LogP contribution in [0.2, 0.25) is 0 Å². The lowest BCUT2D eigenvalue weighted by Crippen LogP contribution is -2.23. The van der Waals surface area contributed by atoms with Crippen molar-refractivity contribution < 1.29 is 9.53 Å². The molecule has 1 rings (SSSR count). The molecule has 0 aliphatic rings. The van der Waals surface area contributed by atoms with Crippen LogP contribution < -0.4 is 15.8 Å². The first-order valence-corrected chi connectivity index (χ1v) is 7.58. The van der Waals surface area contributed by atoms with Crippen molar-refractivity contribution in [1.82, 2.24) is 0 Å². The Morgan fingerprint density at radius 2 is 2.10 bits per heavy atom. The van der Waals surface area contributed by atoms with Crippen LogP contribution in [0.3, 0.4) is 0 Å². The lowest BCUT2D eigenvalue weighted by Gasteiger charge is -2.16. The Labute approximate surface area is 129 Å². The molecule has 0 unspecified atom stereocenters. The second-order valence-corrected chi connectivity index (χ2v) is 6.28. The maximum Gasteiger partial charge on any atom is 0.224 e. The zero-order chi connectivity index (χ0) is 15.1. The standard InChI is InChI=1S/C15H23BrN2O2/c1-10(2)4-11(9-17)5-15(19)18-13-6-12(16)7-14(8-13)20-3/h6-8,10-11H,4-5,9,17H2,1-3H3,(H,18,19)/t11-/m0/s1. The first kappa shape index (κ1) is 17.0. The number of halogens is 1. The first-order valence-electron chi connectivity index (χ1n) is 6.79. The van der Waals surface area contributed by atoms with Crippen LogP contribution in [-0.2, 0) is 4.79 Å². The summed E-state index contributed by atoms with van der Waals surface area (Å²) in [5.74, 6) is 1.46. The molecular formula is C15H23BrN2O2. The van der Waals surface area contributed by atoms with Crippen molar-refractivity contribution in [1.29, 1.82) is 0 Å². The van der Waals surface area contributed by atoms with Gasteiger partial charge in [0.15, 0.2) is 0 Å². The monoisotopic (exact) mass is 342 g/mol. The van der Waals surface area contributed by atoms with Gasteiger partial charge in [0, 0.05) is 22.6 Å². The summed E-state index contributed by atoms with van der Waals surface area (Å²) in [6.45, 7) is 4.81. The van der Waals surface area contributed by atoms with E-state index in [4.69, 9.17) is 10.5 Å². The normalized spacial score (nSPS) is 12.3. The third kappa shape index (κ3) is 5.92. The van der Waals surface area contributed by atoms with E-state index in [0.717, 1.165) is 16.6 Å². The van der Waals surface area contributed by atoms with E-state index >= 15 is 0 Å². The lowest BCUT2D eigenvalue weighted by atomic mass is 9.94. The summed E-state index contributed by atoms with van der Waals surface area (Å²) in [7, 11) is 1.60. The highest BCUT2D eigenvalue weighted by atomic mass is 79.9. The van der Waals surface area contributed by atoms with E-state index in [2.05, 4.69) is 35.1 Å². The van der Waals surface area contributed by atoms with Crippen molar-refractivity contribution in [2.24, 2.45) is 17.6 Å². The summed E-state index contributed by atoms with van der Waals surface area (Å²) in [5.41, 5.74) is 6.45. The molecule has 0 saturated heterocycles. The fourth-order valence-corrected chi connectivity index (χ4v) is 2.63. The van der Waals surface area contributed by atoms with Crippen molar-refractivity contribution in [3.8, 4) is 5.75 Å². The van der Waals surface area contributed by atoms with Gasteiger partial charge in [-0.05, 0) is 36.9 Å². The van der Waals surface area contributed by atoms with Gasteiger partial charge in [0.05, 0.1) is 7.11 Å². The van der Waals surface area contributed by atoms with Crippen molar-refractivity contribution >= 4 is 27.5 Å². The number of nitrogens with two attached hydrogens (primary N) is 1. The molecule has 0 spiro atoms. The fraction of sp³-hybridized carbons (Fsp3) is 0.533. The molecule has 1 aromatic rings. The van der Waals surface area contributed by atoms with Crippen LogP contribution in [0.1, 0.15) is 26.7 Å². The highest BCUT2D eigenvalue weighted by Crippen LogP contribution is 2.25. The summed E-state index contributed by atoms with van der Waals surface area (Å²) in [6.07, 6.45) is 1.41. The molecule has 1 atom stereocenters. The van der Waals surface area contributed by atoms with Gasteiger partial charge in [-0.2, -0.15) is 0 Å². The summed E-state index contributed by atoms with van der Waals surface area (Å²) in [4.78, 5) is 12.1. The number of rotatable bonds is 7. The number of methoxy groups -OCH3 is 1. The zero-order valence-corrected chi connectivity index (χ0v) is 13.9. The number of amides is 1. The summed E-state index contributed by atoms with van der Waals surface area (Å²) < 4.78 is 6.04. The summed E-state index contributed by atoms with van der Waals surface area (Å²) in [6, 6.07) is 5.49. The molecule has 3 N–H and O–H groups in total. The highest BCUT2D eigenvalue weighted by Gasteiger charge is 2.14. The predicted octanol–water partition coefficient (Wildman–Crippen LogP) is 3.41. The maximum atomic E-state index is 12.1. The van der Waals surface area contributed by atoms with E-state index in [1.165, 1.54) is 0 Å². The van der Waals surface area contributed by atoms with E-state index in [1.807, 2.05) is 12.1 Å². The molecule has 112 valence electrons. The van der Waals surface area contributed by atoms with E-state index in [9.17, 15) is 4.79 Å². The molecule has 0 heterocycles. The van der Waals surface area contributed by atoms with Gasteiger partial charge in [-0.15, -0.1) is 0 Å². The number of carbonyl (C=O) groups excluding carboxylic acids is 1. The molecule has 0 aliphatic heterocycles. The zero-order valence-electron chi connectivity index (χ0n) is 12.3. The van der Waals surface area contributed by atoms with Gasteiger partial charge < -0.3 is 15.8 Å². The smallest absolute Gasteiger partial charge is 0.224 e. The van der Waals surface area contributed by atoms with Crippen LogP contribution in [0.25, 0.3) is 0 Å². The van der Waals surface area contributed by atoms with Gasteiger partial charge in [-0.25, -0.2) is 0 Å². The molecule has 0 saturated carbocycles. The quantitative estimate of drug-likeness (QED) is 0.797. The molecule has 5 heteroatoms. The molecule has 0 radical (unpaired) electrons. The van der Waals surface area contributed by atoms with E-state index in [0.29, 0.717) is 24.6 Å². The number of anilines is 1. The minimum Gasteiger partial charge on any atom is -0.497 e. The molecular weight excluding hydrogens is 320 g/mol. The average molecular weight is 343 g/mol. The minimum atomic E-state index is -0.0127. The van der Waals surface area contributed by atoms with Crippen molar-refractivity contribution in [2.45, 2.75) is 26.7 Å². The van der Waals surface area contributed by atoms with Gasteiger partial charge >= 0.3 is 0 Å². The molecule has 0 aromatic heterocycles. The molecule has 0 fully saturated rings. The molecule has 1 amide bonds.